The maximum Gasteiger partial charge on any atom is 0.266 e. The van der Waals surface area contributed by atoms with Gasteiger partial charge in [-0.1, -0.05) is 54.1 Å². The molecule has 6 heteroatoms. The number of anilines is 1. The number of carbonyl (C=O) groups excluding carboxylic acids is 1. The first-order chi connectivity index (χ1) is 16.4. The second kappa shape index (κ2) is 9.86. The highest BCUT2D eigenvalue weighted by Crippen LogP contribution is 2.31. The van der Waals surface area contributed by atoms with E-state index in [4.69, 9.17) is 16.3 Å². The van der Waals surface area contributed by atoms with Gasteiger partial charge in [0.1, 0.15) is 17.4 Å². The molecule has 34 heavy (non-hydrogen) atoms. The highest BCUT2D eigenvalue weighted by Gasteiger charge is 2.18. The number of methoxy groups -OCH3 is 1. The molecule has 170 valence electrons. The lowest BCUT2D eigenvalue weighted by Crippen LogP contribution is -2.14. The molecule has 0 saturated carbocycles. The fourth-order valence-corrected chi connectivity index (χ4v) is 4.24. The first kappa shape index (κ1) is 23.2. The summed E-state index contributed by atoms with van der Waals surface area (Å²) in [6.07, 6.45) is 1.65. The molecule has 1 heterocycles. The number of benzene rings is 3. The van der Waals surface area contributed by atoms with Crippen LogP contribution in [0.2, 0.25) is 5.02 Å². The number of nitrogens with zero attached hydrogens (tertiary/aromatic N) is 2. The van der Waals surface area contributed by atoms with Gasteiger partial charge in [-0.25, -0.2) is 0 Å². The second-order valence-electron chi connectivity index (χ2n) is 8.02. The number of halogens is 1. The zero-order valence-corrected chi connectivity index (χ0v) is 20.0. The Morgan fingerprint density at radius 3 is 2.59 bits per heavy atom. The number of nitrogens with one attached hydrogen (secondary N) is 1. The Kier molecular flexibility index (Phi) is 6.72. The van der Waals surface area contributed by atoms with Gasteiger partial charge in [-0.05, 0) is 55.3 Å². The highest BCUT2D eigenvalue weighted by atomic mass is 35.5. The van der Waals surface area contributed by atoms with Crippen molar-refractivity contribution in [3.05, 3.63) is 99.7 Å². The van der Waals surface area contributed by atoms with E-state index in [-0.39, 0.29) is 5.57 Å². The molecule has 5 nitrogen and oxygen atoms in total. The molecule has 1 aromatic heterocycles. The molecular formula is C28H24ClN3O2. The van der Waals surface area contributed by atoms with E-state index in [1.165, 1.54) is 0 Å². The number of amides is 1. The minimum atomic E-state index is -0.492. The molecule has 1 N–H and O–H groups in total. The van der Waals surface area contributed by atoms with Gasteiger partial charge >= 0.3 is 0 Å². The zero-order chi connectivity index (χ0) is 24.2. The predicted molar refractivity (Wildman–Crippen MR) is 137 cm³/mol. The number of para-hydroxylation sites is 1. The van der Waals surface area contributed by atoms with Crippen molar-refractivity contribution in [3.8, 4) is 11.8 Å². The summed E-state index contributed by atoms with van der Waals surface area (Å²) in [5.41, 5.74) is 5.26. The minimum absolute atomic E-state index is 0.00676. The largest absolute Gasteiger partial charge is 0.495 e. The molecule has 0 aliphatic heterocycles. The number of fused-ring (bicyclic) bond motifs is 1. The fraction of sp³-hybridized carbons (Fsp3) is 0.143. The van der Waals surface area contributed by atoms with Gasteiger partial charge in [0.25, 0.3) is 5.91 Å². The average molecular weight is 470 g/mol. The van der Waals surface area contributed by atoms with Gasteiger partial charge in [-0.15, -0.1) is 0 Å². The van der Waals surface area contributed by atoms with Crippen LogP contribution >= 0.6 is 11.6 Å². The number of hydrogen-bond acceptors (Lipinski definition) is 3. The van der Waals surface area contributed by atoms with Gasteiger partial charge < -0.3 is 14.6 Å². The van der Waals surface area contributed by atoms with Crippen molar-refractivity contribution in [1.82, 2.24) is 4.57 Å². The molecule has 0 atom stereocenters. The van der Waals surface area contributed by atoms with Crippen LogP contribution in [0.1, 0.15) is 22.4 Å². The van der Waals surface area contributed by atoms with E-state index in [0.29, 0.717) is 23.0 Å². The lowest BCUT2D eigenvalue weighted by Gasteiger charge is -2.11. The van der Waals surface area contributed by atoms with Crippen molar-refractivity contribution in [2.75, 3.05) is 12.4 Å². The van der Waals surface area contributed by atoms with Gasteiger partial charge in [0.05, 0.1) is 12.8 Å². The first-order valence-electron chi connectivity index (χ1n) is 10.8. The van der Waals surface area contributed by atoms with E-state index >= 15 is 0 Å². The van der Waals surface area contributed by atoms with Crippen molar-refractivity contribution in [3.63, 3.8) is 0 Å². The molecule has 0 unspecified atom stereocenters. The van der Waals surface area contributed by atoms with Gasteiger partial charge in [-0.2, -0.15) is 5.26 Å². The van der Waals surface area contributed by atoms with E-state index in [0.717, 1.165) is 33.3 Å². The van der Waals surface area contributed by atoms with Crippen molar-refractivity contribution >= 4 is 40.2 Å². The normalized spacial score (nSPS) is 11.3. The smallest absolute Gasteiger partial charge is 0.266 e. The third-order valence-corrected chi connectivity index (χ3v) is 6.19. The van der Waals surface area contributed by atoms with Gasteiger partial charge in [0.2, 0.25) is 0 Å². The number of hydrogen-bond donors (Lipinski definition) is 1. The molecule has 0 aliphatic rings. The first-order valence-corrected chi connectivity index (χ1v) is 11.2. The summed E-state index contributed by atoms with van der Waals surface area (Å²) in [6.45, 7) is 4.49. The summed E-state index contributed by atoms with van der Waals surface area (Å²) in [7, 11) is 1.54. The molecule has 0 fully saturated rings. The molecular weight excluding hydrogens is 446 g/mol. The molecule has 0 saturated heterocycles. The Labute approximate surface area is 203 Å². The second-order valence-corrected chi connectivity index (χ2v) is 8.43. The van der Waals surface area contributed by atoms with E-state index < -0.39 is 5.91 Å². The number of nitriles is 1. The average Bonchev–Trinajstić information content (AvgIpc) is 3.09. The molecule has 0 radical (unpaired) electrons. The Morgan fingerprint density at radius 2 is 1.85 bits per heavy atom. The number of aryl methyl sites for hydroxylation is 1. The summed E-state index contributed by atoms with van der Waals surface area (Å²) in [4.78, 5) is 13.0. The zero-order valence-electron chi connectivity index (χ0n) is 19.2. The van der Waals surface area contributed by atoms with Crippen LogP contribution in [0, 0.1) is 25.2 Å². The summed E-state index contributed by atoms with van der Waals surface area (Å²) in [5, 5.41) is 14.3. The number of rotatable bonds is 6. The Bertz CT molecular complexity index is 1460. The molecule has 4 rings (SSSR count). The Morgan fingerprint density at radius 1 is 1.12 bits per heavy atom. The van der Waals surface area contributed by atoms with Crippen LogP contribution in [0.4, 0.5) is 5.69 Å². The Balaban J connectivity index is 1.76. The van der Waals surface area contributed by atoms with Crippen LogP contribution in [0.25, 0.3) is 17.0 Å². The maximum absolute atomic E-state index is 13.0. The van der Waals surface area contributed by atoms with E-state index in [1.807, 2.05) is 74.5 Å². The SMILES string of the molecule is COc1ccc(C)cc1NC(=O)/C(C#N)=C/c1c(C)n(Cc2ccccc2Cl)c2ccccc12. The summed E-state index contributed by atoms with van der Waals surface area (Å²) < 4.78 is 7.50. The van der Waals surface area contributed by atoms with Gasteiger partial charge in [0.15, 0.2) is 0 Å². The van der Waals surface area contributed by atoms with Crippen LogP contribution < -0.4 is 10.1 Å². The molecule has 4 aromatic rings. The van der Waals surface area contributed by atoms with Crippen LogP contribution in [-0.2, 0) is 11.3 Å². The fourth-order valence-electron chi connectivity index (χ4n) is 4.04. The highest BCUT2D eigenvalue weighted by molar-refractivity contribution is 6.31. The monoisotopic (exact) mass is 469 g/mol. The van der Waals surface area contributed by atoms with Crippen LogP contribution in [0.5, 0.6) is 5.75 Å². The van der Waals surface area contributed by atoms with Crippen molar-refractivity contribution in [1.29, 1.82) is 5.26 Å². The lowest BCUT2D eigenvalue weighted by molar-refractivity contribution is -0.112. The molecule has 0 spiro atoms. The number of aromatic nitrogens is 1. The number of ether oxygens (including phenoxy) is 1. The van der Waals surface area contributed by atoms with Crippen molar-refractivity contribution in [2.45, 2.75) is 20.4 Å². The van der Waals surface area contributed by atoms with Crippen molar-refractivity contribution in [2.24, 2.45) is 0 Å². The summed E-state index contributed by atoms with van der Waals surface area (Å²) in [6, 6.07) is 23.2. The summed E-state index contributed by atoms with van der Waals surface area (Å²) in [5.74, 6) is 0.0393. The minimum Gasteiger partial charge on any atom is -0.495 e. The quantitative estimate of drug-likeness (QED) is 0.258. The molecule has 0 aliphatic carbocycles. The predicted octanol–water partition coefficient (Wildman–Crippen LogP) is 6.51. The maximum atomic E-state index is 13.0. The standard InChI is InChI=1S/C28H24ClN3O2/c1-18-12-13-27(34-3)25(14-18)31-28(33)21(16-30)15-23-19(2)32(26-11-7-5-9-22(23)26)17-20-8-4-6-10-24(20)29/h4-15H,17H2,1-3H3,(H,31,33)/b21-15+. The van der Waals surface area contributed by atoms with Gasteiger partial charge in [-0.3, -0.25) is 4.79 Å². The van der Waals surface area contributed by atoms with Crippen LogP contribution in [0.3, 0.4) is 0 Å². The van der Waals surface area contributed by atoms with Gasteiger partial charge in [0, 0.05) is 33.7 Å². The van der Waals surface area contributed by atoms with E-state index in [9.17, 15) is 10.1 Å². The van der Waals surface area contributed by atoms with Crippen LogP contribution in [-0.4, -0.2) is 17.6 Å². The topological polar surface area (TPSA) is 67.0 Å². The lowest BCUT2D eigenvalue weighted by atomic mass is 10.1. The van der Waals surface area contributed by atoms with Crippen LogP contribution in [0.15, 0.2) is 72.3 Å². The van der Waals surface area contributed by atoms with Crippen molar-refractivity contribution < 1.29 is 9.53 Å². The third kappa shape index (κ3) is 4.54. The Hall–Kier alpha value is -4.01. The van der Waals surface area contributed by atoms with E-state index in [1.54, 1.807) is 19.3 Å². The third-order valence-electron chi connectivity index (χ3n) is 5.82. The molecule has 1 amide bonds. The van der Waals surface area contributed by atoms with E-state index in [2.05, 4.69) is 16.0 Å². The summed E-state index contributed by atoms with van der Waals surface area (Å²) >= 11 is 6.41. The molecule has 3 aromatic carbocycles. The number of carbonyl (C=O) groups is 1. The molecule has 0 bridgehead atoms.